The van der Waals surface area contributed by atoms with Crippen LogP contribution in [0.15, 0.2) is 12.1 Å². The predicted molar refractivity (Wildman–Crippen MR) is 109 cm³/mol. The molecule has 0 saturated heterocycles. The Morgan fingerprint density at radius 1 is 1.22 bits per heavy atom. The van der Waals surface area contributed by atoms with Crippen LogP contribution >= 0.6 is 0 Å². The van der Waals surface area contributed by atoms with Crippen molar-refractivity contribution in [3.05, 3.63) is 23.3 Å². The van der Waals surface area contributed by atoms with Crippen molar-refractivity contribution in [1.29, 1.82) is 0 Å². The average Bonchev–Trinajstić information content (AvgIpc) is 3.41. The first-order chi connectivity index (χ1) is 12.7. The number of carbonyl (C=O) groups is 1. The molecule has 0 unspecified atom stereocenters. The molecular weight excluding hydrogens is 364 g/mol. The lowest BCUT2D eigenvalue weighted by Crippen LogP contribution is -2.31. The molecule has 1 aliphatic carbocycles. The lowest BCUT2D eigenvalue weighted by atomic mass is 10.1. The Balaban J connectivity index is 1.78. The van der Waals surface area contributed by atoms with E-state index in [2.05, 4.69) is 10.0 Å². The molecule has 1 amide bonds. The maximum absolute atomic E-state index is 12.2. The zero-order valence-corrected chi connectivity index (χ0v) is 17.6. The third-order valence-electron chi connectivity index (χ3n) is 4.79. The molecule has 152 valence electrons. The van der Waals surface area contributed by atoms with E-state index in [0.717, 1.165) is 29.2 Å². The van der Waals surface area contributed by atoms with Gasteiger partial charge in [-0.25, -0.2) is 13.1 Å². The van der Waals surface area contributed by atoms with Gasteiger partial charge in [-0.15, -0.1) is 0 Å². The molecule has 0 bridgehead atoms. The van der Waals surface area contributed by atoms with E-state index in [-0.39, 0.29) is 5.91 Å². The molecule has 0 aromatic heterocycles. The number of carbonyl (C=O) groups excluding carboxylic acids is 1. The smallest absolute Gasteiger partial charge is 0.224 e. The molecule has 1 fully saturated rings. The van der Waals surface area contributed by atoms with Gasteiger partial charge >= 0.3 is 0 Å². The van der Waals surface area contributed by atoms with Crippen molar-refractivity contribution < 1.29 is 17.9 Å². The molecule has 0 radical (unpaired) electrons. The van der Waals surface area contributed by atoms with Gasteiger partial charge in [0.1, 0.15) is 5.75 Å². The van der Waals surface area contributed by atoms with Crippen LogP contribution in [0.2, 0.25) is 0 Å². The molecule has 0 aliphatic heterocycles. The quantitative estimate of drug-likeness (QED) is 0.561. The van der Waals surface area contributed by atoms with Gasteiger partial charge in [0.25, 0.3) is 0 Å². The number of unbranched alkanes of at least 4 members (excludes halogenated alkanes) is 1. The van der Waals surface area contributed by atoms with Crippen LogP contribution in [0, 0.1) is 19.8 Å². The molecule has 0 spiro atoms. The summed E-state index contributed by atoms with van der Waals surface area (Å²) in [6.07, 6.45) is 4.09. The summed E-state index contributed by atoms with van der Waals surface area (Å²) in [6.45, 7) is 8.36. The summed E-state index contributed by atoms with van der Waals surface area (Å²) in [4.78, 5) is 12.2. The van der Waals surface area contributed by atoms with E-state index in [0.29, 0.717) is 31.7 Å². The Morgan fingerprint density at radius 3 is 2.56 bits per heavy atom. The van der Waals surface area contributed by atoms with E-state index >= 15 is 0 Å². The van der Waals surface area contributed by atoms with E-state index in [1.54, 1.807) is 13.8 Å². The maximum Gasteiger partial charge on any atom is 0.224 e. The van der Waals surface area contributed by atoms with Crippen LogP contribution in [-0.2, 0) is 14.8 Å². The van der Waals surface area contributed by atoms with Crippen LogP contribution in [0.1, 0.15) is 57.1 Å². The number of aryl methyl sites for hydroxylation is 1. The minimum atomic E-state index is -3.23. The van der Waals surface area contributed by atoms with Crippen molar-refractivity contribution in [2.24, 2.45) is 5.92 Å². The van der Waals surface area contributed by atoms with E-state index in [4.69, 9.17) is 4.74 Å². The van der Waals surface area contributed by atoms with Crippen LogP contribution in [0.3, 0.4) is 0 Å². The first-order valence-electron chi connectivity index (χ1n) is 9.72. The van der Waals surface area contributed by atoms with Crippen molar-refractivity contribution in [1.82, 2.24) is 4.72 Å². The Morgan fingerprint density at radius 2 is 1.93 bits per heavy atom. The third-order valence-corrected chi connectivity index (χ3v) is 6.64. The van der Waals surface area contributed by atoms with Gasteiger partial charge in [-0.05, 0) is 70.9 Å². The fourth-order valence-electron chi connectivity index (χ4n) is 2.67. The largest absolute Gasteiger partial charge is 0.493 e. The van der Waals surface area contributed by atoms with Crippen LogP contribution < -0.4 is 14.8 Å². The second-order valence-corrected chi connectivity index (χ2v) is 9.95. The fraction of sp³-hybridized carbons (Fsp3) is 0.650. The lowest BCUT2D eigenvalue weighted by molar-refractivity contribution is -0.116. The number of hydrogen-bond donors (Lipinski definition) is 2. The highest BCUT2D eigenvalue weighted by Gasteiger charge is 2.23. The number of hydrogen-bond acceptors (Lipinski definition) is 4. The zero-order chi connectivity index (χ0) is 20.0. The van der Waals surface area contributed by atoms with Gasteiger partial charge in [0.05, 0.1) is 11.9 Å². The van der Waals surface area contributed by atoms with E-state index in [1.165, 1.54) is 12.8 Å². The van der Waals surface area contributed by atoms with E-state index in [1.807, 2.05) is 26.0 Å². The average molecular weight is 397 g/mol. The Kier molecular flexibility index (Phi) is 7.68. The van der Waals surface area contributed by atoms with Crippen molar-refractivity contribution in [2.45, 2.75) is 65.0 Å². The molecule has 6 nitrogen and oxygen atoms in total. The summed E-state index contributed by atoms with van der Waals surface area (Å²) < 4.78 is 31.8. The van der Waals surface area contributed by atoms with Gasteiger partial charge in [-0.3, -0.25) is 4.79 Å². The van der Waals surface area contributed by atoms with E-state index < -0.39 is 15.3 Å². The number of rotatable bonds is 11. The Bertz CT molecular complexity index is 755. The summed E-state index contributed by atoms with van der Waals surface area (Å²) in [7, 11) is -3.23. The first-order valence-corrected chi connectivity index (χ1v) is 11.3. The van der Waals surface area contributed by atoms with Gasteiger partial charge in [0, 0.05) is 24.2 Å². The summed E-state index contributed by atoms with van der Waals surface area (Å²) >= 11 is 0. The van der Waals surface area contributed by atoms with Crippen LogP contribution in [0.5, 0.6) is 5.75 Å². The Labute approximate surface area is 163 Å². The summed E-state index contributed by atoms with van der Waals surface area (Å²) in [6, 6.07) is 3.87. The molecule has 1 aliphatic rings. The monoisotopic (exact) mass is 396 g/mol. The standard InChI is InChI=1S/C20H32N2O4S/c1-14(2)27(24,25)21-12-6-5-7-19(23)22-18-11-8-15(3)20(16(18)4)26-13-17-9-10-17/h8,11,14,17,21H,5-7,9-10,12-13H2,1-4H3,(H,22,23). The molecule has 1 aromatic carbocycles. The third kappa shape index (κ3) is 6.81. The van der Waals surface area contributed by atoms with Crippen LogP contribution in [0.25, 0.3) is 0 Å². The van der Waals surface area contributed by atoms with E-state index in [9.17, 15) is 13.2 Å². The van der Waals surface area contributed by atoms with Crippen LogP contribution in [0.4, 0.5) is 5.69 Å². The fourth-order valence-corrected chi connectivity index (χ4v) is 3.44. The summed E-state index contributed by atoms with van der Waals surface area (Å²) in [5.41, 5.74) is 2.80. The number of amides is 1. The Hall–Kier alpha value is -1.60. The van der Waals surface area contributed by atoms with Gasteiger partial charge in [0.15, 0.2) is 0 Å². The van der Waals surface area contributed by atoms with Gasteiger partial charge in [0.2, 0.25) is 15.9 Å². The molecule has 0 heterocycles. The molecule has 2 rings (SSSR count). The minimum Gasteiger partial charge on any atom is -0.493 e. The van der Waals surface area contributed by atoms with Crippen molar-refractivity contribution in [3.63, 3.8) is 0 Å². The molecule has 2 N–H and O–H groups in total. The highest BCUT2D eigenvalue weighted by Crippen LogP contribution is 2.33. The second-order valence-electron chi connectivity index (χ2n) is 7.63. The SMILES string of the molecule is Cc1ccc(NC(=O)CCCCNS(=O)(=O)C(C)C)c(C)c1OCC1CC1. The van der Waals surface area contributed by atoms with Crippen molar-refractivity contribution >= 4 is 21.6 Å². The lowest BCUT2D eigenvalue weighted by Gasteiger charge is -2.16. The number of anilines is 1. The van der Waals surface area contributed by atoms with Crippen molar-refractivity contribution in [3.8, 4) is 5.75 Å². The number of nitrogens with one attached hydrogen (secondary N) is 2. The van der Waals surface area contributed by atoms with Gasteiger partial charge in [-0.1, -0.05) is 6.07 Å². The topological polar surface area (TPSA) is 84.5 Å². The number of sulfonamides is 1. The predicted octanol–water partition coefficient (Wildman–Crippen LogP) is 3.53. The van der Waals surface area contributed by atoms with Crippen molar-refractivity contribution in [2.75, 3.05) is 18.5 Å². The normalized spacial score (nSPS) is 14.4. The van der Waals surface area contributed by atoms with Crippen LogP contribution in [-0.4, -0.2) is 32.7 Å². The molecule has 1 aromatic rings. The molecule has 7 heteroatoms. The molecule has 27 heavy (non-hydrogen) atoms. The number of ether oxygens (including phenoxy) is 1. The molecule has 1 saturated carbocycles. The number of benzene rings is 1. The highest BCUT2D eigenvalue weighted by atomic mass is 32.2. The molecule has 0 atom stereocenters. The summed E-state index contributed by atoms with van der Waals surface area (Å²) in [5.74, 6) is 1.47. The summed E-state index contributed by atoms with van der Waals surface area (Å²) in [5, 5.41) is 2.51. The second kappa shape index (κ2) is 9.55. The zero-order valence-electron chi connectivity index (χ0n) is 16.8. The van der Waals surface area contributed by atoms with Gasteiger partial charge in [-0.2, -0.15) is 0 Å². The first kappa shape index (κ1) is 21.7. The van der Waals surface area contributed by atoms with Gasteiger partial charge < -0.3 is 10.1 Å². The minimum absolute atomic E-state index is 0.0678. The molecular formula is C20H32N2O4S. The highest BCUT2D eigenvalue weighted by molar-refractivity contribution is 7.90. The maximum atomic E-state index is 12.2.